The first kappa shape index (κ1) is 15.6. The van der Waals surface area contributed by atoms with Gasteiger partial charge in [0.05, 0.1) is 11.1 Å². The Kier molecular flexibility index (Phi) is 3.78. The lowest BCUT2D eigenvalue weighted by Crippen LogP contribution is -2.21. The highest BCUT2D eigenvalue weighted by atomic mass is 35.5. The van der Waals surface area contributed by atoms with Crippen molar-refractivity contribution in [3.63, 3.8) is 0 Å². The number of fused-ring (bicyclic) bond motifs is 2. The highest BCUT2D eigenvalue weighted by Gasteiger charge is 2.24. The van der Waals surface area contributed by atoms with Crippen molar-refractivity contribution < 1.29 is 0 Å². The van der Waals surface area contributed by atoms with Crippen LogP contribution in [0.1, 0.15) is 22.7 Å². The molecule has 124 valence electrons. The Morgan fingerprint density at radius 3 is 2.83 bits per heavy atom. The summed E-state index contributed by atoms with van der Waals surface area (Å²) in [6.07, 6.45) is 3.22. The molecule has 0 radical (unpaired) electrons. The molecule has 3 aromatic rings. The third-order valence-electron chi connectivity index (χ3n) is 5.04. The van der Waals surface area contributed by atoms with Gasteiger partial charge in [0.15, 0.2) is 0 Å². The van der Waals surface area contributed by atoms with Crippen LogP contribution in [0.2, 0.25) is 5.02 Å². The minimum Gasteiger partial charge on any atom is -0.374 e. The lowest BCUT2D eigenvalue weighted by molar-refractivity contribution is 0.344. The van der Waals surface area contributed by atoms with E-state index in [0.29, 0.717) is 0 Å². The van der Waals surface area contributed by atoms with Gasteiger partial charge >= 0.3 is 0 Å². The Hall–Kier alpha value is -1.97. The Morgan fingerprint density at radius 1 is 1.21 bits per heavy atom. The zero-order valence-corrected chi connectivity index (χ0v) is 15.1. The molecule has 1 unspecified atom stereocenters. The first-order chi connectivity index (χ1) is 11.6. The maximum Gasteiger partial charge on any atom is 0.0618 e. The second-order valence-electron chi connectivity index (χ2n) is 6.83. The van der Waals surface area contributed by atoms with Gasteiger partial charge in [-0.25, -0.2) is 0 Å². The highest BCUT2D eigenvalue weighted by molar-refractivity contribution is 6.35. The van der Waals surface area contributed by atoms with Gasteiger partial charge in [0.1, 0.15) is 0 Å². The molecule has 2 heterocycles. The molecule has 3 nitrogen and oxygen atoms in total. The predicted molar refractivity (Wildman–Crippen MR) is 102 cm³/mol. The minimum atomic E-state index is 0.176. The number of hydrogen-bond acceptors (Lipinski definition) is 2. The lowest BCUT2D eigenvalue weighted by Gasteiger charge is -2.26. The maximum absolute atomic E-state index is 6.51. The van der Waals surface area contributed by atoms with Crippen molar-refractivity contribution >= 4 is 28.2 Å². The van der Waals surface area contributed by atoms with E-state index in [1.165, 1.54) is 22.4 Å². The number of aromatic nitrogens is 1. The molecule has 1 N–H and O–H groups in total. The summed E-state index contributed by atoms with van der Waals surface area (Å²) in [7, 11) is 6.41. The van der Waals surface area contributed by atoms with Gasteiger partial charge < -0.3 is 9.88 Å². The normalized spacial score (nSPS) is 15.3. The smallest absolute Gasteiger partial charge is 0.0618 e. The molecule has 1 aliphatic rings. The third kappa shape index (κ3) is 2.40. The quantitative estimate of drug-likeness (QED) is 0.760. The molecule has 0 spiro atoms. The first-order valence-electron chi connectivity index (χ1n) is 8.32. The summed E-state index contributed by atoms with van der Waals surface area (Å²) in [4.78, 5) is 7.96. The molecule has 0 amide bonds. The summed E-state index contributed by atoms with van der Waals surface area (Å²) >= 11 is 6.51. The van der Waals surface area contributed by atoms with Crippen LogP contribution < -0.4 is 4.90 Å². The van der Waals surface area contributed by atoms with Gasteiger partial charge in [-0.3, -0.25) is 4.90 Å². The molecule has 1 aromatic heterocycles. The van der Waals surface area contributed by atoms with E-state index in [-0.39, 0.29) is 6.04 Å². The summed E-state index contributed by atoms with van der Waals surface area (Å²) in [6, 6.07) is 13.1. The van der Waals surface area contributed by atoms with Crippen molar-refractivity contribution in [2.45, 2.75) is 12.5 Å². The standard InChI is InChI=1S/C20H22ClN3/c1-23(2)20(14-7-8-18-13(11-14)9-10-24(18)3)15-12-22-17-6-4-5-16(21)19(15)17/h4-8,11-12,20,22H,9-10H2,1-3H3. The summed E-state index contributed by atoms with van der Waals surface area (Å²) in [6.45, 7) is 1.10. The average Bonchev–Trinajstić information content (AvgIpc) is 3.13. The van der Waals surface area contributed by atoms with Crippen LogP contribution in [0.5, 0.6) is 0 Å². The number of nitrogens with zero attached hydrogens (tertiary/aromatic N) is 2. The fraction of sp³-hybridized carbons (Fsp3) is 0.300. The summed E-state index contributed by atoms with van der Waals surface area (Å²) in [5.41, 5.74) is 6.42. The lowest BCUT2D eigenvalue weighted by atomic mass is 9.95. The molecule has 1 aliphatic heterocycles. The van der Waals surface area contributed by atoms with Gasteiger partial charge in [0.25, 0.3) is 0 Å². The summed E-state index contributed by atoms with van der Waals surface area (Å²) < 4.78 is 0. The summed E-state index contributed by atoms with van der Waals surface area (Å²) in [5, 5.41) is 1.92. The molecule has 0 saturated carbocycles. The number of hydrogen-bond donors (Lipinski definition) is 1. The fourth-order valence-electron chi connectivity index (χ4n) is 3.89. The zero-order chi connectivity index (χ0) is 16.8. The highest BCUT2D eigenvalue weighted by Crippen LogP contribution is 2.38. The van der Waals surface area contributed by atoms with Crippen LogP contribution in [0, 0.1) is 0 Å². The van der Waals surface area contributed by atoms with Crippen molar-refractivity contribution in [2.24, 2.45) is 0 Å². The van der Waals surface area contributed by atoms with Gasteiger partial charge in [-0.1, -0.05) is 29.8 Å². The van der Waals surface area contributed by atoms with Crippen LogP contribution in [-0.2, 0) is 6.42 Å². The Morgan fingerprint density at radius 2 is 2.04 bits per heavy atom. The molecular weight excluding hydrogens is 318 g/mol. The molecule has 0 aliphatic carbocycles. The molecular formula is C20H22ClN3. The van der Waals surface area contributed by atoms with Crippen molar-refractivity contribution in [1.82, 2.24) is 9.88 Å². The molecule has 0 bridgehead atoms. The minimum absolute atomic E-state index is 0.176. The number of anilines is 1. The van der Waals surface area contributed by atoms with E-state index in [1.54, 1.807) is 0 Å². The molecule has 0 fully saturated rings. The van der Waals surface area contributed by atoms with Crippen molar-refractivity contribution in [1.29, 1.82) is 0 Å². The van der Waals surface area contributed by atoms with E-state index in [1.807, 2.05) is 12.1 Å². The number of H-pyrrole nitrogens is 1. The van der Waals surface area contributed by atoms with Gasteiger partial charge in [0, 0.05) is 41.9 Å². The van der Waals surface area contributed by atoms with Crippen LogP contribution in [0.3, 0.4) is 0 Å². The monoisotopic (exact) mass is 339 g/mol. The Bertz CT molecular complexity index is 897. The maximum atomic E-state index is 6.51. The van der Waals surface area contributed by atoms with Gasteiger partial charge in [-0.2, -0.15) is 0 Å². The van der Waals surface area contributed by atoms with E-state index in [4.69, 9.17) is 11.6 Å². The third-order valence-corrected chi connectivity index (χ3v) is 5.36. The van der Waals surface area contributed by atoms with Gasteiger partial charge in [-0.15, -0.1) is 0 Å². The molecule has 4 rings (SSSR count). The van der Waals surface area contributed by atoms with Crippen molar-refractivity contribution in [3.05, 3.63) is 64.3 Å². The van der Waals surface area contributed by atoms with Gasteiger partial charge in [0.2, 0.25) is 0 Å². The SMILES string of the molecule is CN1CCc2cc(C(c3c[nH]c4cccc(Cl)c34)N(C)C)ccc21. The van der Waals surface area contributed by atoms with Crippen LogP contribution in [0.15, 0.2) is 42.6 Å². The fourth-order valence-corrected chi connectivity index (χ4v) is 4.18. The largest absolute Gasteiger partial charge is 0.374 e. The Balaban J connectivity index is 1.86. The van der Waals surface area contributed by atoms with Gasteiger partial charge in [-0.05, 0) is 49.8 Å². The van der Waals surface area contributed by atoms with E-state index in [0.717, 1.165) is 28.9 Å². The van der Waals surface area contributed by atoms with E-state index < -0.39 is 0 Å². The Labute approximate surface area is 147 Å². The number of rotatable bonds is 3. The van der Waals surface area contributed by atoms with Crippen LogP contribution >= 0.6 is 11.6 Å². The average molecular weight is 340 g/mol. The number of nitrogens with one attached hydrogen (secondary N) is 1. The zero-order valence-electron chi connectivity index (χ0n) is 14.3. The van der Waals surface area contributed by atoms with E-state index in [2.05, 4.69) is 66.4 Å². The topological polar surface area (TPSA) is 22.3 Å². The number of likely N-dealkylation sites (N-methyl/N-ethyl adjacent to an activating group) is 1. The van der Waals surface area contributed by atoms with Crippen molar-refractivity contribution in [2.75, 3.05) is 32.6 Å². The number of benzene rings is 2. The van der Waals surface area contributed by atoms with Crippen LogP contribution in [-0.4, -0.2) is 37.6 Å². The van der Waals surface area contributed by atoms with Crippen molar-refractivity contribution in [3.8, 4) is 0 Å². The van der Waals surface area contributed by atoms with E-state index >= 15 is 0 Å². The second-order valence-corrected chi connectivity index (χ2v) is 7.24. The predicted octanol–water partition coefficient (Wildman–Crippen LogP) is 4.46. The molecule has 2 aromatic carbocycles. The molecule has 24 heavy (non-hydrogen) atoms. The molecule has 1 atom stereocenters. The number of aromatic amines is 1. The van der Waals surface area contributed by atoms with Crippen LogP contribution in [0.25, 0.3) is 10.9 Å². The van der Waals surface area contributed by atoms with Crippen LogP contribution in [0.4, 0.5) is 5.69 Å². The number of halogens is 1. The summed E-state index contributed by atoms with van der Waals surface area (Å²) in [5.74, 6) is 0. The second kappa shape index (κ2) is 5.83. The molecule has 4 heteroatoms. The van der Waals surface area contributed by atoms with E-state index in [9.17, 15) is 0 Å². The molecule has 0 saturated heterocycles. The first-order valence-corrected chi connectivity index (χ1v) is 8.70.